The van der Waals surface area contributed by atoms with Crippen LogP contribution in [0.15, 0.2) is 12.1 Å². The minimum atomic E-state index is -0.173. The second-order valence-electron chi connectivity index (χ2n) is 3.74. The highest BCUT2D eigenvalue weighted by Gasteiger charge is 2.03. The monoisotopic (exact) mass is 244 g/mol. The van der Waals surface area contributed by atoms with Gasteiger partial charge in [-0.05, 0) is 26.6 Å². The van der Waals surface area contributed by atoms with E-state index in [2.05, 4.69) is 9.88 Å². The van der Waals surface area contributed by atoms with E-state index in [0.29, 0.717) is 23.2 Å². The Morgan fingerprint density at radius 1 is 1.44 bits per heavy atom. The summed E-state index contributed by atoms with van der Waals surface area (Å²) in [6.07, 6.45) is 0.936. The Labute approximate surface area is 101 Å². The molecule has 0 saturated heterocycles. The van der Waals surface area contributed by atoms with Gasteiger partial charge in [0.25, 0.3) is 0 Å². The summed E-state index contributed by atoms with van der Waals surface area (Å²) in [5.41, 5.74) is 0.451. The van der Waals surface area contributed by atoms with Gasteiger partial charge >= 0.3 is 0 Å². The van der Waals surface area contributed by atoms with E-state index in [4.69, 9.17) is 21.4 Å². The topological polar surface area (TPSA) is 45.6 Å². The minimum absolute atomic E-state index is 0.173. The third kappa shape index (κ3) is 4.35. The van der Waals surface area contributed by atoms with Gasteiger partial charge in [0, 0.05) is 12.6 Å². The summed E-state index contributed by atoms with van der Waals surface area (Å²) in [7, 11) is 4.04. The van der Waals surface area contributed by atoms with Crippen LogP contribution in [-0.4, -0.2) is 42.2 Å². The molecular formula is C11H17ClN2O2. The van der Waals surface area contributed by atoms with E-state index in [1.165, 1.54) is 0 Å². The van der Waals surface area contributed by atoms with Crippen LogP contribution in [-0.2, 0) is 6.61 Å². The number of ether oxygens (including phenoxy) is 1. The van der Waals surface area contributed by atoms with Crippen molar-refractivity contribution in [1.82, 2.24) is 9.88 Å². The largest absolute Gasteiger partial charge is 0.478 e. The molecule has 0 aliphatic rings. The molecule has 1 N–H and O–H groups in total. The minimum Gasteiger partial charge on any atom is -0.478 e. The fraction of sp³-hybridized carbons (Fsp3) is 0.545. The van der Waals surface area contributed by atoms with Crippen molar-refractivity contribution in [3.05, 3.63) is 22.8 Å². The predicted octanol–water partition coefficient (Wildman–Crippen LogP) is 1.56. The lowest BCUT2D eigenvalue weighted by Crippen LogP contribution is -2.15. The van der Waals surface area contributed by atoms with Crippen molar-refractivity contribution >= 4 is 11.6 Å². The molecule has 16 heavy (non-hydrogen) atoms. The normalized spacial score (nSPS) is 10.8. The number of hydrogen-bond acceptors (Lipinski definition) is 4. The molecular weight excluding hydrogens is 228 g/mol. The molecule has 0 unspecified atom stereocenters. The van der Waals surface area contributed by atoms with Crippen molar-refractivity contribution in [2.75, 3.05) is 27.2 Å². The molecule has 1 aromatic rings. The van der Waals surface area contributed by atoms with E-state index < -0.39 is 0 Å². The van der Waals surface area contributed by atoms with E-state index in [9.17, 15) is 0 Å². The number of halogens is 1. The van der Waals surface area contributed by atoms with Crippen LogP contribution in [0.25, 0.3) is 0 Å². The lowest BCUT2D eigenvalue weighted by Gasteiger charge is -2.10. The Kier molecular flexibility index (Phi) is 5.52. The van der Waals surface area contributed by atoms with Crippen LogP contribution in [0.2, 0.25) is 5.02 Å². The van der Waals surface area contributed by atoms with Crippen LogP contribution in [0, 0.1) is 0 Å². The summed E-state index contributed by atoms with van der Waals surface area (Å²) in [5.74, 6) is 0.507. The van der Waals surface area contributed by atoms with Crippen molar-refractivity contribution in [3.63, 3.8) is 0 Å². The van der Waals surface area contributed by atoms with Crippen molar-refractivity contribution in [2.24, 2.45) is 0 Å². The fourth-order valence-corrected chi connectivity index (χ4v) is 1.38. The third-order valence-corrected chi connectivity index (χ3v) is 2.39. The number of aliphatic hydroxyl groups is 1. The van der Waals surface area contributed by atoms with Gasteiger partial charge in [-0.25, -0.2) is 4.98 Å². The maximum Gasteiger partial charge on any atom is 0.213 e. The van der Waals surface area contributed by atoms with Gasteiger partial charge in [0.2, 0.25) is 5.88 Å². The van der Waals surface area contributed by atoms with Gasteiger partial charge < -0.3 is 14.7 Å². The first kappa shape index (κ1) is 13.2. The maximum absolute atomic E-state index is 8.98. The molecule has 0 amide bonds. The molecule has 0 bridgehead atoms. The lowest BCUT2D eigenvalue weighted by molar-refractivity contribution is 0.260. The zero-order valence-corrected chi connectivity index (χ0v) is 10.4. The molecule has 0 aromatic carbocycles. The second-order valence-corrected chi connectivity index (χ2v) is 4.15. The van der Waals surface area contributed by atoms with Gasteiger partial charge in [-0.2, -0.15) is 0 Å². The van der Waals surface area contributed by atoms with Crippen LogP contribution in [0.1, 0.15) is 12.1 Å². The molecule has 0 saturated carbocycles. The molecule has 0 atom stereocenters. The van der Waals surface area contributed by atoms with Crippen LogP contribution in [0.4, 0.5) is 0 Å². The molecule has 0 spiro atoms. The second kappa shape index (κ2) is 6.68. The molecule has 0 aliphatic heterocycles. The summed E-state index contributed by atoms with van der Waals surface area (Å²) < 4.78 is 5.45. The summed E-state index contributed by atoms with van der Waals surface area (Å²) in [4.78, 5) is 6.18. The summed E-state index contributed by atoms with van der Waals surface area (Å²) in [5, 5.41) is 9.44. The molecule has 1 aromatic heterocycles. The first-order chi connectivity index (χ1) is 7.63. The summed E-state index contributed by atoms with van der Waals surface area (Å²) in [6.45, 7) is 1.41. The lowest BCUT2D eigenvalue weighted by atomic mass is 10.3. The third-order valence-electron chi connectivity index (χ3n) is 2.04. The van der Waals surface area contributed by atoms with Crippen molar-refractivity contribution in [2.45, 2.75) is 13.0 Å². The number of aliphatic hydroxyl groups excluding tert-OH is 1. The van der Waals surface area contributed by atoms with Gasteiger partial charge in [0.05, 0.1) is 23.9 Å². The number of hydrogen-bond donors (Lipinski definition) is 1. The first-order valence-corrected chi connectivity index (χ1v) is 5.55. The van der Waals surface area contributed by atoms with Crippen molar-refractivity contribution in [3.8, 4) is 5.88 Å². The Balaban J connectivity index is 2.42. The molecule has 0 aliphatic carbocycles. The Hall–Kier alpha value is -0.840. The fourth-order valence-electron chi connectivity index (χ4n) is 1.21. The number of rotatable bonds is 6. The van der Waals surface area contributed by atoms with E-state index in [-0.39, 0.29) is 6.61 Å². The van der Waals surface area contributed by atoms with Crippen LogP contribution >= 0.6 is 11.6 Å². The number of nitrogens with zero attached hydrogens (tertiary/aromatic N) is 2. The van der Waals surface area contributed by atoms with Crippen LogP contribution < -0.4 is 4.74 Å². The predicted molar refractivity (Wildman–Crippen MR) is 63.8 cm³/mol. The van der Waals surface area contributed by atoms with Crippen LogP contribution in [0.3, 0.4) is 0 Å². The van der Waals surface area contributed by atoms with Gasteiger partial charge in [-0.1, -0.05) is 11.6 Å². The average molecular weight is 245 g/mol. The van der Waals surface area contributed by atoms with E-state index >= 15 is 0 Å². The summed E-state index contributed by atoms with van der Waals surface area (Å²) >= 11 is 5.81. The van der Waals surface area contributed by atoms with E-state index in [1.807, 2.05) is 14.1 Å². The molecule has 5 heteroatoms. The van der Waals surface area contributed by atoms with Crippen LogP contribution in [0.5, 0.6) is 5.88 Å². The smallest absolute Gasteiger partial charge is 0.213 e. The van der Waals surface area contributed by atoms with Gasteiger partial charge in [-0.15, -0.1) is 0 Å². The maximum atomic E-state index is 8.98. The molecule has 0 fully saturated rings. The molecule has 90 valence electrons. The van der Waals surface area contributed by atoms with Crippen molar-refractivity contribution < 1.29 is 9.84 Å². The molecule has 1 rings (SSSR count). The molecule has 1 heterocycles. The zero-order valence-electron chi connectivity index (χ0n) is 9.61. The highest BCUT2D eigenvalue weighted by atomic mass is 35.5. The van der Waals surface area contributed by atoms with E-state index in [1.54, 1.807) is 12.1 Å². The van der Waals surface area contributed by atoms with Gasteiger partial charge in [0.1, 0.15) is 0 Å². The van der Waals surface area contributed by atoms with E-state index in [0.717, 1.165) is 13.0 Å². The first-order valence-electron chi connectivity index (χ1n) is 5.17. The quantitative estimate of drug-likeness (QED) is 0.772. The number of aromatic nitrogens is 1. The van der Waals surface area contributed by atoms with Crippen molar-refractivity contribution in [1.29, 1.82) is 0 Å². The standard InChI is InChI=1S/C11H17ClN2O2/c1-14(2)6-3-7-16-11-5-4-9(12)10(8-15)13-11/h4-5,15H,3,6-8H2,1-2H3. The number of pyridine rings is 1. The van der Waals surface area contributed by atoms with Gasteiger partial charge in [0.15, 0.2) is 0 Å². The molecule has 0 radical (unpaired) electrons. The summed E-state index contributed by atoms with van der Waals surface area (Å²) in [6, 6.07) is 3.39. The average Bonchev–Trinajstić information content (AvgIpc) is 2.26. The highest BCUT2D eigenvalue weighted by molar-refractivity contribution is 6.31. The Bertz CT molecular complexity index is 332. The Morgan fingerprint density at radius 2 is 2.19 bits per heavy atom. The van der Waals surface area contributed by atoms with Gasteiger partial charge in [-0.3, -0.25) is 0 Å². The molecule has 4 nitrogen and oxygen atoms in total. The SMILES string of the molecule is CN(C)CCCOc1ccc(Cl)c(CO)n1. The Morgan fingerprint density at radius 3 is 2.81 bits per heavy atom. The highest BCUT2D eigenvalue weighted by Crippen LogP contribution is 2.17. The zero-order chi connectivity index (χ0) is 12.0.